The van der Waals surface area contributed by atoms with Gasteiger partial charge in [0.25, 0.3) is 0 Å². The topological polar surface area (TPSA) is 26.3 Å². The Morgan fingerprint density at radius 2 is 1.76 bits per heavy atom. The lowest BCUT2D eigenvalue weighted by Gasteiger charge is -2.42. The summed E-state index contributed by atoms with van der Waals surface area (Å²) in [4.78, 5) is 12.2. The molecule has 25 heavy (non-hydrogen) atoms. The van der Waals surface area contributed by atoms with Crippen LogP contribution < -0.4 is 0 Å². The molecule has 0 radical (unpaired) electrons. The average Bonchev–Trinajstić information content (AvgIpc) is 2.62. The van der Waals surface area contributed by atoms with E-state index in [0.717, 1.165) is 30.6 Å². The quantitative estimate of drug-likeness (QED) is 0.456. The van der Waals surface area contributed by atoms with Crippen LogP contribution in [0.4, 0.5) is 4.39 Å². The third-order valence-electron chi connectivity index (χ3n) is 6.24. The van der Waals surface area contributed by atoms with E-state index < -0.39 is 0 Å². The zero-order valence-electron chi connectivity index (χ0n) is 15.4. The predicted octanol–water partition coefficient (Wildman–Crippen LogP) is 6.15. The molecule has 0 unspecified atom stereocenters. The molecule has 0 heterocycles. The van der Waals surface area contributed by atoms with E-state index in [-0.39, 0.29) is 17.9 Å². The van der Waals surface area contributed by atoms with Crippen molar-refractivity contribution in [2.24, 2.45) is 17.8 Å². The molecule has 0 aliphatic heterocycles. The lowest BCUT2D eigenvalue weighted by Crippen LogP contribution is -2.35. The Labute approximate surface area is 151 Å². The highest BCUT2D eigenvalue weighted by atomic mass is 19.1. The minimum atomic E-state index is -0.326. The summed E-state index contributed by atoms with van der Waals surface area (Å²) in [7, 11) is 0. The fourth-order valence-corrected chi connectivity index (χ4v) is 4.80. The monoisotopic (exact) mass is 346 g/mol. The van der Waals surface area contributed by atoms with E-state index in [9.17, 15) is 9.18 Å². The van der Waals surface area contributed by atoms with Crippen LogP contribution in [-0.2, 0) is 4.74 Å². The van der Waals surface area contributed by atoms with E-state index in [1.165, 1.54) is 75.6 Å². The molecular formula is C22H31FO2. The van der Waals surface area contributed by atoms with Gasteiger partial charge in [-0.1, -0.05) is 39.0 Å². The van der Waals surface area contributed by atoms with Crippen molar-refractivity contribution in [1.29, 1.82) is 0 Å². The fraction of sp³-hybridized carbons (Fsp3) is 0.682. The highest BCUT2D eigenvalue weighted by molar-refractivity contribution is 5.89. The summed E-state index contributed by atoms with van der Waals surface area (Å²) in [6.45, 7) is 2.27. The maximum atomic E-state index is 13.0. The van der Waals surface area contributed by atoms with Crippen LogP contribution in [0.5, 0.6) is 0 Å². The number of halogens is 1. The summed E-state index contributed by atoms with van der Waals surface area (Å²) in [6, 6.07) is 5.64. The standard InChI is InChI=1S/C22H31FO2/c1-2-3-4-5-16-6-7-19-15-21(13-10-18(19)14-16)25-22(24)17-8-11-20(23)12-9-17/h8-9,11-12,16,18-19,21H,2-7,10,13-15H2,1H3/t16-,18+,19+,21+/m0/s1. The van der Waals surface area contributed by atoms with Gasteiger partial charge in [0.05, 0.1) is 5.56 Å². The van der Waals surface area contributed by atoms with Crippen molar-refractivity contribution in [1.82, 2.24) is 0 Å². The molecule has 1 aromatic carbocycles. The predicted molar refractivity (Wildman–Crippen MR) is 97.9 cm³/mol. The molecule has 138 valence electrons. The molecule has 0 aromatic heterocycles. The van der Waals surface area contributed by atoms with Gasteiger partial charge >= 0.3 is 5.97 Å². The van der Waals surface area contributed by atoms with Gasteiger partial charge in [0.1, 0.15) is 11.9 Å². The third-order valence-corrected chi connectivity index (χ3v) is 6.24. The Morgan fingerprint density at radius 3 is 2.52 bits per heavy atom. The number of ether oxygens (including phenoxy) is 1. The number of unbranched alkanes of at least 4 members (excludes halogenated alkanes) is 2. The fourth-order valence-electron chi connectivity index (χ4n) is 4.80. The number of carbonyl (C=O) groups is 1. The summed E-state index contributed by atoms with van der Waals surface area (Å²) in [5.41, 5.74) is 0.447. The molecule has 0 bridgehead atoms. The van der Waals surface area contributed by atoms with Crippen LogP contribution in [0.3, 0.4) is 0 Å². The number of hydrogen-bond acceptors (Lipinski definition) is 2. The Kier molecular flexibility index (Phi) is 6.50. The van der Waals surface area contributed by atoms with Crippen LogP contribution in [0, 0.1) is 23.6 Å². The van der Waals surface area contributed by atoms with Crippen molar-refractivity contribution in [2.45, 2.75) is 77.2 Å². The minimum absolute atomic E-state index is 0.0374. The molecule has 2 aliphatic carbocycles. The normalized spacial score (nSPS) is 29.0. The van der Waals surface area contributed by atoms with Crippen molar-refractivity contribution < 1.29 is 13.9 Å². The van der Waals surface area contributed by atoms with Gasteiger partial charge in [-0.25, -0.2) is 9.18 Å². The van der Waals surface area contributed by atoms with Crippen LogP contribution in [0.15, 0.2) is 24.3 Å². The molecule has 2 aliphatic rings. The minimum Gasteiger partial charge on any atom is -0.459 e. The Morgan fingerprint density at radius 1 is 1.04 bits per heavy atom. The van der Waals surface area contributed by atoms with Crippen molar-refractivity contribution in [3.63, 3.8) is 0 Å². The first-order valence-corrected chi connectivity index (χ1v) is 10.1. The summed E-state index contributed by atoms with van der Waals surface area (Å²) >= 11 is 0. The highest BCUT2D eigenvalue weighted by Gasteiger charge is 2.36. The average molecular weight is 346 g/mol. The Hall–Kier alpha value is -1.38. The highest BCUT2D eigenvalue weighted by Crippen LogP contribution is 2.44. The molecule has 0 amide bonds. The van der Waals surface area contributed by atoms with E-state index in [2.05, 4.69) is 6.92 Å². The summed E-state index contributed by atoms with van der Waals surface area (Å²) in [5, 5.41) is 0. The Bertz CT molecular complexity index is 554. The molecule has 1 aromatic rings. The number of rotatable bonds is 6. The second-order valence-corrected chi connectivity index (χ2v) is 8.04. The van der Waals surface area contributed by atoms with E-state index in [0.29, 0.717) is 5.56 Å². The molecule has 0 saturated heterocycles. The molecule has 4 atom stereocenters. The molecule has 2 nitrogen and oxygen atoms in total. The number of carbonyl (C=O) groups excluding carboxylic acids is 1. The SMILES string of the molecule is CCCCC[C@H]1CC[C@@H]2C[C@H](OC(=O)c3ccc(F)cc3)CC[C@@H]2C1. The number of esters is 1. The van der Waals surface area contributed by atoms with Crippen LogP contribution in [0.2, 0.25) is 0 Å². The van der Waals surface area contributed by atoms with Gasteiger partial charge in [0.2, 0.25) is 0 Å². The van der Waals surface area contributed by atoms with E-state index >= 15 is 0 Å². The van der Waals surface area contributed by atoms with Crippen LogP contribution >= 0.6 is 0 Å². The lowest BCUT2D eigenvalue weighted by molar-refractivity contribution is -0.00628. The first-order chi connectivity index (χ1) is 12.2. The van der Waals surface area contributed by atoms with Gasteiger partial charge in [-0.05, 0) is 74.1 Å². The van der Waals surface area contributed by atoms with Gasteiger partial charge in [0, 0.05) is 0 Å². The van der Waals surface area contributed by atoms with Gasteiger partial charge in [0.15, 0.2) is 0 Å². The molecule has 0 N–H and O–H groups in total. The van der Waals surface area contributed by atoms with E-state index in [1.807, 2.05) is 0 Å². The summed E-state index contributed by atoms with van der Waals surface area (Å²) in [5.74, 6) is 1.85. The van der Waals surface area contributed by atoms with Crippen LogP contribution in [0.1, 0.15) is 81.5 Å². The first-order valence-electron chi connectivity index (χ1n) is 10.1. The van der Waals surface area contributed by atoms with Crippen LogP contribution in [-0.4, -0.2) is 12.1 Å². The molecule has 3 heteroatoms. The van der Waals surface area contributed by atoms with Crippen molar-refractivity contribution in [3.05, 3.63) is 35.6 Å². The number of benzene rings is 1. The molecule has 0 spiro atoms. The number of fused-ring (bicyclic) bond motifs is 1. The zero-order valence-corrected chi connectivity index (χ0v) is 15.4. The van der Waals surface area contributed by atoms with E-state index in [1.54, 1.807) is 0 Å². The Balaban J connectivity index is 1.46. The van der Waals surface area contributed by atoms with E-state index in [4.69, 9.17) is 4.74 Å². The van der Waals surface area contributed by atoms with Gasteiger partial charge < -0.3 is 4.74 Å². The van der Waals surface area contributed by atoms with Gasteiger partial charge in [-0.15, -0.1) is 0 Å². The van der Waals surface area contributed by atoms with Crippen LogP contribution in [0.25, 0.3) is 0 Å². The molecule has 2 fully saturated rings. The first kappa shape index (κ1) is 18.4. The third kappa shape index (κ3) is 5.05. The summed E-state index contributed by atoms with van der Waals surface area (Å²) in [6.07, 6.45) is 12.7. The smallest absolute Gasteiger partial charge is 0.338 e. The van der Waals surface area contributed by atoms with Gasteiger partial charge in [-0.3, -0.25) is 0 Å². The molecule has 2 saturated carbocycles. The van der Waals surface area contributed by atoms with Gasteiger partial charge in [-0.2, -0.15) is 0 Å². The molecule has 3 rings (SSSR count). The second-order valence-electron chi connectivity index (χ2n) is 8.04. The zero-order chi connectivity index (χ0) is 17.6. The largest absolute Gasteiger partial charge is 0.459 e. The maximum absolute atomic E-state index is 13.0. The second kappa shape index (κ2) is 8.82. The summed E-state index contributed by atoms with van der Waals surface area (Å²) < 4.78 is 18.7. The van der Waals surface area contributed by atoms with Crippen molar-refractivity contribution in [2.75, 3.05) is 0 Å². The van der Waals surface area contributed by atoms with Crippen molar-refractivity contribution >= 4 is 5.97 Å². The van der Waals surface area contributed by atoms with Crippen molar-refractivity contribution in [3.8, 4) is 0 Å². The molecular weight excluding hydrogens is 315 g/mol. The lowest BCUT2D eigenvalue weighted by atomic mass is 9.66. The number of hydrogen-bond donors (Lipinski definition) is 0. The maximum Gasteiger partial charge on any atom is 0.338 e.